The monoisotopic (exact) mass is 575 g/mol. The number of fused-ring (bicyclic) bond motifs is 5. The SMILES string of the molecule is CN1/C(=C/C=C2\CCC3CCC(/C=C/C4=[N+](C)c5ccccc5C4(C)C)=C4C3=C2c2ccccc24)C(C)(C)c2ccccc21. The molecule has 0 aromatic heterocycles. The van der Waals surface area contributed by atoms with Gasteiger partial charge in [-0.05, 0) is 102 Å². The first kappa shape index (κ1) is 27.4. The molecule has 0 N–H and O–H groups in total. The summed E-state index contributed by atoms with van der Waals surface area (Å²) >= 11 is 0. The van der Waals surface area contributed by atoms with Gasteiger partial charge in [0.05, 0.1) is 5.41 Å². The van der Waals surface area contributed by atoms with Crippen LogP contribution in [-0.4, -0.2) is 24.4 Å². The molecule has 2 heterocycles. The average Bonchev–Trinajstić information content (AvgIpc) is 3.55. The highest BCUT2D eigenvalue weighted by Crippen LogP contribution is 2.57. The molecule has 1 atom stereocenters. The Morgan fingerprint density at radius 3 is 2.14 bits per heavy atom. The van der Waals surface area contributed by atoms with E-state index in [1.165, 1.54) is 80.2 Å². The third-order valence-corrected chi connectivity index (χ3v) is 11.3. The molecule has 0 saturated carbocycles. The number of para-hydroxylation sites is 2. The predicted octanol–water partition coefficient (Wildman–Crippen LogP) is 9.91. The third-order valence-electron chi connectivity index (χ3n) is 11.3. The van der Waals surface area contributed by atoms with Gasteiger partial charge in [-0.1, -0.05) is 86.7 Å². The molecule has 44 heavy (non-hydrogen) atoms. The molecule has 3 aliphatic carbocycles. The number of nitrogens with zero attached hydrogens (tertiary/aromatic N) is 2. The van der Waals surface area contributed by atoms with Crippen molar-refractivity contribution in [3.05, 3.63) is 142 Å². The molecule has 5 aliphatic rings. The van der Waals surface area contributed by atoms with Crippen molar-refractivity contribution in [1.82, 2.24) is 0 Å². The van der Waals surface area contributed by atoms with Crippen molar-refractivity contribution in [1.29, 1.82) is 0 Å². The molecule has 2 nitrogen and oxygen atoms in total. The van der Waals surface area contributed by atoms with E-state index in [9.17, 15) is 0 Å². The van der Waals surface area contributed by atoms with E-state index >= 15 is 0 Å². The molecule has 2 heteroatoms. The van der Waals surface area contributed by atoms with Gasteiger partial charge in [-0.25, -0.2) is 0 Å². The van der Waals surface area contributed by atoms with E-state index in [2.05, 4.69) is 148 Å². The van der Waals surface area contributed by atoms with Crippen molar-refractivity contribution >= 4 is 28.2 Å². The maximum absolute atomic E-state index is 2.46. The van der Waals surface area contributed by atoms with Crippen LogP contribution in [0.3, 0.4) is 0 Å². The summed E-state index contributed by atoms with van der Waals surface area (Å²) in [4.78, 5) is 2.39. The fraction of sp³-hybridized carbons (Fsp3) is 0.310. The molecular formula is C42H43N2+. The Bertz CT molecular complexity index is 1930. The number of benzene rings is 3. The van der Waals surface area contributed by atoms with Crippen LogP contribution in [0.1, 0.15) is 75.6 Å². The van der Waals surface area contributed by atoms with Gasteiger partial charge >= 0.3 is 0 Å². The minimum atomic E-state index is -0.0165. The van der Waals surface area contributed by atoms with Crippen LogP contribution in [0.25, 0.3) is 11.1 Å². The lowest BCUT2D eigenvalue weighted by Gasteiger charge is -2.32. The first-order chi connectivity index (χ1) is 21.2. The Kier molecular flexibility index (Phi) is 6.01. The molecule has 3 aromatic rings. The average molecular weight is 576 g/mol. The van der Waals surface area contributed by atoms with Gasteiger partial charge in [-0.3, -0.25) is 0 Å². The fourth-order valence-electron chi connectivity index (χ4n) is 9.07. The number of hydrogen-bond acceptors (Lipinski definition) is 1. The van der Waals surface area contributed by atoms with Gasteiger partial charge in [-0.15, -0.1) is 0 Å². The van der Waals surface area contributed by atoms with Crippen LogP contribution in [0, 0.1) is 5.92 Å². The molecule has 0 amide bonds. The highest BCUT2D eigenvalue weighted by atomic mass is 15.2. The zero-order valence-corrected chi connectivity index (χ0v) is 27.0. The van der Waals surface area contributed by atoms with Crippen LogP contribution in [-0.2, 0) is 10.8 Å². The smallest absolute Gasteiger partial charge is 0.209 e. The molecule has 3 aromatic carbocycles. The van der Waals surface area contributed by atoms with Crippen molar-refractivity contribution in [2.24, 2.45) is 5.92 Å². The topological polar surface area (TPSA) is 6.25 Å². The summed E-state index contributed by atoms with van der Waals surface area (Å²) in [5, 5.41) is 0. The predicted molar refractivity (Wildman–Crippen MR) is 186 cm³/mol. The zero-order chi connectivity index (χ0) is 30.4. The fourth-order valence-corrected chi connectivity index (χ4v) is 9.07. The summed E-state index contributed by atoms with van der Waals surface area (Å²) in [5.74, 6) is 0.645. The Morgan fingerprint density at radius 2 is 1.39 bits per heavy atom. The van der Waals surface area contributed by atoms with Crippen LogP contribution in [0.4, 0.5) is 11.4 Å². The second-order valence-corrected chi connectivity index (χ2v) is 14.4. The van der Waals surface area contributed by atoms with E-state index in [0.29, 0.717) is 5.92 Å². The van der Waals surface area contributed by atoms with Gasteiger partial charge in [-0.2, -0.15) is 4.58 Å². The maximum Gasteiger partial charge on any atom is 0.209 e. The van der Waals surface area contributed by atoms with Crippen LogP contribution in [0.2, 0.25) is 0 Å². The van der Waals surface area contributed by atoms with Gasteiger partial charge in [0.2, 0.25) is 5.69 Å². The first-order valence-corrected chi connectivity index (χ1v) is 16.4. The third kappa shape index (κ3) is 3.76. The number of hydrogen-bond donors (Lipinski definition) is 0. The molecule has 2 aliphatic heterocycles. The quantitative estimate of drug-likeness (QED) is 0.282. The van der Waals surface area contributed by atoms with Gasteiger partial charge in [0, 0.05) is 41.6 Å². The van der Waals surface area contributed by atoms with E-state index in [1.807, 2.05) is 0 Å². The summed E-state index contributed by atoms with van der Waals surface area (Å²) in [6.07, 6.45) is 14.5. The van der Waals surface area contributed by atoms with Gasteiger partial charge in [0.15, 0.2) is 5.71 Å². The van der Waals surface area contributed by atoms with Crippen molar-refractivity contribution in [3.8, 4) is 0 Å². The Balaban J connectivity index is 1.24. The minimum absolute atomic E-state index is 0.0165. The highest BCUT2D eigenvalue weighted by molar-refractivity contribution is 6.08. The van der Waals surface area contributed by atoms with E-state index in [4.69, 9.17) is 0 Å². The molecule has 0 fully saturated rings. The van der Waals surface area contributed by atoms with Crippen molar-refractivity contribution < 1.29 is 4.58 Å². The van der Waals surface area contributed by atoms with Crippen molar-refractivity contribution in [3.63, 3.8) is 0 Å². The second kappa shape index (κ2) is 9.66. The minimum Gasteiger partial charge on any atom is -0.347 e. The maximum atomic E-state index is 2.46. The second-order valence-electron chi connectivity index (χ2n) is 14.4. The molecular weight excluding hydrogens is 532 g/mol. The molecule has 0 bridgehead atoms. The van der Waals surface area contributed by atoms with E-state index < -0.39 is 0 Å². The van der Waals surface area contributed by atoms with Gasteiger partial charge < -0.3 is 4.90 Å². The van der Waals surface area contributed by atoms with E-state index in [1.54, 1.807) is 5.57 Å². The number of likely N-dealkylation sites (N-methyl/N-ethyl adjacent to an activating group) is 1. The summed E-state index contributed by atoms with van der Waals surface area (Å²) in [6, 6.07) is 26.9. The van der Waals surface area contributed by atoms with Crippen LogP contribution < -0.4 is 4.90 Å². The van der Waals surface area contributed by atoms with Gasteiger partial charge in [0.25, 0.3) is 0 Å². The summed E-state index contributed by atoms with van der Waals surface area (Å²) in [7, 11) is 4.45. The lowest BCUT2D eigenvalue weighted by Crippen LogP contribution is -2.26. The number of anilines is 1. The standard InChI is InChI=1S/C42H43N2/c1-41(2)32-15-9-11-17-34(32)43(5)36(41)25-23-27-19-21-29-22-20-28(39-31-14-8-7-13-30(31)38(27)40(29)39)24-26-37-42(3,4)33-16-10-12-18-35(33)44(37)6/h7-18,23-26,29H,19-22H2,1-6H3/q+1. The van der Waals surface area contributed by atoms with E-state index in [-0.39, 0.29) is 10.8 Å². The normalized spacial score (nSPS) is 24.5. The molecule has 0 radical (unpaired) electrons. The van der Waals surface area contributed by atoms with Crippen LogP contribution in [0.15, 0.2) is 120 Å². The number of rotatable bonds is 3. The summed E-state index contributed by atoms with van der Waals surface area (Å²) in [6.45, 7) is 9.46. The molecule has 0 spiro atoms. The molecule has 8 rings (SSSR count). The molecule has 220 valence electrons. The number of allylic oxidation sites excluding steroid dienone is 10. The largest absolute Gasteiger partial charge is 0.347 e. The highest BCUT2D eigenvalue weighted by Gasteiger charge is 2.44. The summed E-state index contributed by atoms with van der Waals surface area (Å²) in [5.41, 5.74) is 18.7. The molecule has 1 unspecified atom stereocenters. The van der Waals surface area contributed by atoms with E-state index in [0.717, 1.165) is 12.8 Å². The van der Waals surface area contributed by atoms with Gasteiger partial charge in [0.1, 0.15) is 7.05 Å². The Hall–Kier alpha value is -4.17. The zero-order valence-electron chi connectivity index (χ0n) is 27.0. The summed E-state index contributed by atoms with van der Waals surface area (Å²) < 4.78 is 2.39. The Morgan fingerprint density at radius 1 is 0.727 bits per heavy atom. The van der Waals surface area contributed by atoms with Crippen molar-refractivity contribution in [2.45, 2.75) is 64.2 Å². The first-order valence-electron chi connectivity index (χ1n) is 16.4. The molecule has 0 saturated heterocycles. The lowest BCUT2D eigenvalue weighted by molar-refractivity contribution is -0.401. The lowest BCUT2D eigenvalue weighted by atomic mass is 9.72. The van der Waals surface area contributed by atoms with Crippen LogP contribution >= 0.6 is 0 Å². The van der Waals surface area contributed by atoms with Crippen molar-refractivity contribution in [2.75, 3.05) is 19.0 Å². The Labute approximate surface area is 263 Å². The van der Waals surface area contributed by atoms with Crippen LogP contribution in [0.5, 0.6) is 0 Å².